The minimum absolute atomic E-state index is 0.121. The molecular formula is C11H14FNO3. The van der Waals surface area contributed by atoms with Crippen LogP contribution in [0.5, 0.6) is 0 Å². The van der Waals surface area contributed by atoms with E-state index in [1.165, 1.54) is 23.1 Å². The van der Waals surface area contributed by atoms with Gasteiger partial charge in [0.05, 0.1) is 13.2 Å². The van der Waals surface area contributed by atoms with Crippen LogP contribution in [-0.2, 0) is 0 Å². The predicted octanol–water partition coefficient (Wildman–Crippen LogP) is 0.252. The number of aliphatic hydroxyl groups excluding tert-OH is 2. The molecule has 1 amide bonds. The fraction of sp³-hybridized carbons (Fsp3) is 0.364. The molecule has 0 saturated heterocycles. The fourth-order valence-corrected chi connectivity index (χ4v) is 1.36. The summed E-state index contributed by atoms with van der Waals surface area (Å²) in [4.78, 5) is 13.1. The molecule has 0 heterocycles. The van der Waals surface area contributed by atoms with Gasteiger partial charge in [-0.2, -0.15) is 0 Å². The van der Waals surface area contributed by atoms with Crippen molar-refractivity contribution in [2.24, 2.45) is 0 Å². The third-order valence-corrected chi connectivity index (χ3v) is 2.10. The highest BCUT2D eigenvalue weighted by Gasteiger charge is 2.14. The van der Waals surface area contributed by atoms with Crippen LogP contribution in [0.1, 0.15) is 10.4 Å². The third kappa shape index (κ3) is 3.29. The van der Waals surface area contributed by atoms with Gasteiger partial charge in [0.1, 0.15) is 5.82 Å². The van der Waals surface area contributed by atoms with Crippen molar-refractivity contribution in [3.63, 3.8) is 0 Å². The monoisotopic (exact) mass is 227 g/mol. The molecule has 5 heteroatoms. The molecule has 0 aliphatic heterocycles. The van der Waals surface area contributed by atoms with Gasteiger partial charge in [-0.15, -0.1) is 0 Å². The van der Waals surface area contributed by atoms with Crippen molar-refractivity contribution in [2.45, 2.75) is 0 Å². The van der Waals surface area contributed by atoms with Crippen molar-refractivity contribution >= 4 is 5.91 Å². The van der Waals surface area contributed by atoms with E-state index in [2.05, 4.69) is 0 Å². The molecule has 0 aliphatic rings. The van der Waals surface area contributed by atoms with E-state index in [0.717, 1.165) is 6.07 Å². The van der Waals surface area contributed by atoms with Gasteiger partial charge in [0.25, 0.3) is 5.91 Å². The van der Waals surface area contributed by atoms with Crippen LogP contribution >= 0.6 is 0 Å². The highest BCUT2D eigenvalue weighted by Crippen LogP contribution is 2.07. The topological polar surface area (TPSA) is 60.8 Å². The van der Waals surface area contributed by atoms with Gasteiger partial charge in [-0.1, -0.05) is 6.07 Å². The molecule has 0 fully saturated rings. The van der Waals surface area contributed by atoms with Crippen molar-refractivity contribution in [1.29, 1.82) is 0 Å². The molecule has 0 atom stereocenters. The quantitative estimate of drug-likeness (QED) is 0.758. The van der Waals surface area contributed by atoms with E-state index in [1.807, 2.05) is 0 Å². The summed E-state index contributed by atoms with van der Waals surface area (Å²) in [7, 11) is 0. The Morgan fingerprint density at radius 2 is 1.88 bits per heavy atom. The number of hydrogen-bond acceptors (Lipinski definition) is 3. The van der Waals surface area contributed by atoms with Crippen LogP contribution in [0.2, 0.25) is 0 Å². The number of hydrogen-bond donors (Lipinski definition) is 2. The molecule has 16 heavy (non-hydrogen) atoms. The molecule has 0 radical (unpaired) electrons. The molecule has 2 N–H and O–H groups in total. The van der Waals surface area contributed by atoms with E-state index in [-0.39, 0.29) is 31.9 Å². The third-order valence-electron chi connectivity index (χ3n) is 2.10. The molecule has 4 nitrogen and oxygen atoms in total. The molecule has 1 aromatic carbocycles. The highest BCUT2D eigenvalue weighted by molar-refractivity contribution is 5.94. The van der Waals surface area contributed by atoms with Crippen molar-refractivity contribution in [3.8, 4) is 0 Å². The Kier molecular flexibility index (Phi) is 4.88. The van der Waals surface area contributed by atoms with E-state index < -0.39 is 11.7 Å². The number of rotatable bonds is 5. The second-order valence-electron chi connectivity index (χ2n) is 3.25. The van der Waals surface area contributed by atoms with Gasteiger partial charge in [-0.05, 0) is 18.2 Å². The van der Waals surface area contributed by atoms with Gasteiger partial charge in [-0.25, -0.2) is 4.39 Å². The standard InChI is InChI=1S/C11H14FNO3/c12-10-3-1-2-9(8-10)11(16)13(4-6-14)5-7-15/h1-3,8,14-15H,4-7H2. The number of benzene rings is 1. The maximum Gasteiger partial charge on any atom is 0.254 e. The lowest BCUT2D eigenvalue weighted by Gasteiger charge is -2.20. The second kappa shape index (κ2) is 6.19. The van der Waals surface area contributed by atoms with Crippen LogP contribution in [0.4, 0.5) is 4.39 Å². The van der Waals surface area contributed by atoms with Crippen molar-refractivity contribution in [1.82, 2.24) is 4.90 Å². The first-order chi connectivity index (χ1) is 7.69. The van der Waals surface area contributed by atoms with E-state index in [0.29, 0.717) is 0 Å². The summed E-state index contributed by atoms with van der Waals surface area (Å²) in [5, 5.41) is 17.5. The summed E-state index contributed by atoms with van der Waals surface area (Å²) in [5.41, 5.74) is 0.210. The summed E-state index contributed by atoms with van der Waals surface area (Å²) in [5.74, 6) is -0.888. The minimum atomic E-state index is -0.487. The lowest BCUT2D eigenvalue weighted by molar-refractivity contribution is 0.0684. The Labute approximate surface area is 92.9 Å². The predicted molar refractivity (Wildman–Crippen MR) is 56.5 cm³/mol. The molecule has 0 bridgehead atoms. The van der Waals surface area contributed by atoms with Crippen LogP contribution in [0.25, 0.3) is 0 Å². The Morgan fingerprint density at radius 1 is 1.25 bits per heavy atom. The van der Waals surface area contributed by atoms with Crippen LogP contribution in [0.3, 0.4) is 0 Å². The Balaban J connectivity index is 2.81. The Morgan fingerprint density at radius 3 is 2.38 bits per heavy atom. The summed E-state index contributed by atoms with van der Waals surface area (Å²) < 4.78 is 12.9. The Bertz CT molecular complexity index is 351. The molecule has 0 saturated carbocycles. The zero-order chi connectivity index (χ0) is 12.0. The van der Waals surface area contributed by atoms with Crippen LogP contribution < -0.4 is 0 Å². The lowest BCUT2D eigenvalue weighted by atomic mass is 10.2. The largest absolute Gasteiger partial charge is 0.395 e. The molecule has 1 rings (SSSR count). The average molecular weight is 227 g/mol. The molecule has 0 spiro atoms. The number of aliphatic hydroxyl groups is 2. The summed E-state index contributed by atoms with van der Waals surface area (Å²) in [6.45, 7) is -0.145. The van der Waals surface area contributed by atoms with Crippen molar-refractivity contribution in [3.05, 3.63) is 35.6 Å². The number of amides is 1. The second-order valence-corrected chi connectivity index (χ2v) is 3.25. The number of halogens is 1. The van der Waals surface area contributed by atoms with E-state index in [4.69, 9.17) is 10.2 Å². The highest BCUT2D eigenvalue weighted by atomic mass is 19.1. The molecule has 0 aliphatic carbocycles. The minimum Gasteiger partial charge on any atom is -0.395 e. The number of carbonyl (C=O) groups is 1. The number of nitrogens with zero attached hydrogens (tertiary/aromatic N) is 1. The van der Waals surface area contributed by atoms with E-state index in [1.54, 1.807) is 0 Å². The van der Waals surface area contributed by atoms with Crippen molar-refractivity contribution in [2.75, 3.05) is 26.3 Å². The molecule has 88 valence electrons. The smallest absolute Gasteiger partial charge is 0.254 e. The Hall–Kier alpha value is -1.46. The van der Waals surface area contributed by atoms with E-state index >= 15 is 0 Å². The van der Waals surface area contributed by atoms with Gasteiger partial charge in [0, 0.05) is 18.7 Å². The first-order valence-corrected chi connectivity index (χ1v) is 4.95. The maximum absolute atomic E-state index is 12.9. The number of carbonyl (C=O) groups excluding carboxylic acids is 1. The summed E-state index contributed by atoms with van der Waals surface area (Å²) in [6, 6.07) is 5.31. The van der Waals surface area contributed by atoms with E-state index in [9.17, 15) is 9.18 Å². The molecule has 1 aromatic rings. The van der Waals surface area contributed by atoms with Gasteiger partial charge in [0.2, 0.25) is 0 Å². The molecule has 0 unspecified atom stereocenters. The zero-order valence-corrected chi connectivity index (χ0v) is 8.77. The first-order valence-electron chi connectivity index (χ1n) is 4.95. The summed E-state index contributed by atoms with van der Waals surface area (Å²) in [6.07, 6.45) is 0. The van der Waals surface area contributed by atoms with Gasteiger partial charge in [0.15, 0.2) is 0 Å². The summed E-state index contributed by atoms with van der Waals surface area (Å²) >= 11 is 0. The fourth-order valence-electron chi connectivity index (χ4n) is 1.36. The van der Waals surface area contributed by atoms with Crippen LogP contribution in [-0.4, -0.2) is 47.3 Å². The maximum atomic E-state index is 12.9. The van der Waals surface area contributed by atoms with Crippen molar-refractivity contribution < 1.29 is 19.4 Å². The van der Waals surface area contributed by atoms with Crippen LogP contribution in [0.15, 0.2) is 24.3 Å². The molecule has 0 aromatic heterocycles. The molecular weight excluding hydrogens is 213 g/mol. The normalized spacial score (nSPS) is 10.2. The van der Waals surface area contributed by atoms with Crippen LogP contribution in [0, 0.1) is 5.82 Å². The first kappa shape index (κ1) is 12.6. The zero-order valence-electron chi connectivity index (χ0n) is 8.77. The van der Waals surface area contributed by atoms with Gasteiger partial charge in [-0.3, -0.25) is 4.79 Å². The average Bonchev–Trinajstić information content (AvgIpc) is 2.28. The van der Waals surface area contributed by atoms with Gasteiger partial charge >= 0.3 is 0 Å². The van der Waals surface area contributed by atoms with Gasteiger partial charge < -0.3 is 15.1 Å². The lowest BCUT2D eigenvalue weighted by Crippen LogP contribution is -2.35. The SMILES string of the molecule is O=C(c1cccc(F)c1)N(CCO)CCO.